The van der Waals surface area contributed by atoms with Crippen molar-refractivity contribution in [1.29, 1.82) is 0 Å². The number of aliphatic hydroxyl groups is 1. The zero-order chi connectivity index (χ0) is 21.5. The molecule has 0 unspecified atom stereocenters. The molecule has 5 nitrogen and oxygen atoms in total. The van der Waals surface area contributed by atoms with Gasteiger partial charge >= 0.3 is 0 Å². The number of rotatable bonds is 10. The molecule has 0 fully saturated rings. The van der Waals surface area contributed by atoms with Crippen LogP contribution >= 0.6 is 0 Å². The Kier molecular flexibility index (Phi) is 7.90. The van der Waals surface area contributed by atoms with Gasteiger partial charge in [-0.3, -0.25) is 4.90 Å². The van der Waals surface area contributed by atoms with Crippen LogP contribution in [0.2, 0.25) is 0 Å². The largest absolute Gasteiger partial charge is 0.390 e. The van der Waals surface area contributed by atoms with E-state index in [-0.39, 0.29) is 30.4 Å². The predicted octanol–water partition coefficient (Wildman–Crippen LogP) is 3.75. The van der Waals surface area contributed by atoms with Crippen LogP contribution in [-0.2, 0) is 16.1 Å². The molecule has 0 spiro atoms. The van der Waals surface area contributed by atoms with Gasteiger partial charge in [-0.25, -0.2) is 8.78 Å². The summed E-state index contributed by atoms with van der Waals surface area (Å²) >= 11 is 0. The lowest BCUT2D eigenvalue weighted by molar-refractivity contribution is -0.0194. The van der Waals surface area contributed by atoms with Gasteiger partial charge in [0, 0.05) is 26.1 Å². The summed E-state index contributed by atoms with van der Waals surface area (Å²) in [6, 6.07) is 12.5. The van der Waals surface area contributed by atoms with E-state index in [2.05, 4.69) is 10.1 Å². The molecule has 1 aliphatic rings. The molecule has 7 heteroatoms. The fourth-order valence-corrected chi connectivity index (χ4v) is 3.33. The van der Waals surface area contributed by atoms with Crippen molar-refractivity contribution in [3.63, 3.8) is 0 Å². The van der Waals surface area contributed by atoms with Gasteiger partial charge in [-0.2, -0.15) is 0 Å². The van der Waals surface area contributed by atoms with Gasteiger partial charge in [0.15, 0.2) is 0 Å². The Hall–Kier alpha value is -2.35. The van der Waals surface area contributed by atoms with Crippen LogP contribution in [0.1, 0.15) is 31.4 Å². The number of oxime groups is 1. The van der Waals surface area contributed by atoms with E-state index in [9.17, 15) is 13.9 Å². The first-order valence-corrected chi connectivity index (χ1v) is 10.1. The lowest BCUT2D eigenvalue weighted by Gasteiger charge is -2.27. The second kappa shape index (κ2) is 10.6. The normalized spacial score (nSPS) is 17.3. The molecule has 0 aromatic heterocycles. The van der Waals surface area contributed by atoms with Crippen molar-refractivity contribution in [2.24, 2.45) is 5.16 Å². The van der Waals surface area contributed by atoms with Crippen LogP contribution in [0.5, 0.6) is 0 Å². The van der Waals surface area contributed by atoms with E-state index in [1.807, 2.05) is 13.8 Å². The van der Waals surface area contributed by atoms with E-state index in [4.69, 9.17) is 9.57 Å². The molecule has 3 rings (SSSR count). The molecule has 1 heterocycles. The number of nitrogens with zero attached hydrogens (tertiary/aromatic N) is 2. The van der Waals surface area contributed by atoms with Gasteiger partial charge in [0.1, 0.15) is 17.7 Å². The van der Waals surface area contributed by atoms with Crippen LogP contribution in [0.25, 0.3) is 0 Å². The first-order chi connectivity index (χ1) is 14.4. The Morgan fingerprint density at radius 2 is 1.73 bits per heavy atom. The molecule has 0 aliphatic carbocycles. The fourth-order valence-electron chi connectivity index (χ4n) is 3.33. The van der Waals surface area contributed by atoms with Crippen LogP contribution in [0.15, 0.2) is 53.7 Å². The van der Waals surface area contributed by atoms with Crippen LogP contribution < -0.4 is 0 Å². The third-order valence-electron chi connectivity index (χ3n) is 4.78. The summed E-state index contributed by atoms with van der Waals surface area (Å²) in [5.41, 5.74) is 2.53. The van der Waals surface area contributed by atoms with Crippen molar-refractivity contribution in [2.75, 3.05) is 19.7 Å². The number of hydrogen-bond donors (Lipinski definition) is 1. The van der Waals surface area contributed by atoms with E-state index in [0.29, 0.717) is 26.1 Å². The third kappa shape index (κ3) is 6.86. The van der Waals surface area contributed by atoms with E-state index in [1.165, 1.54) is 24.3 Å². The molecule has 0 saturated carbocycles. The van der Waals surface area contributed by atoms with Crippen molar-refractivity contribution < 1.29 is 23.5 Å². The lowest BCUT2D eigenvalue weighted by atomic mass is 10.0. The first-order valence-electron chi connectivity index (χ1n) is 10.1. The van der Waals surface area contributed by atoms with Crippen molar-refractivity contribution in [3.8, 4) is 0 Å². The minimum atomic E-state index is -0.660. The first kappa shape index (κ1) is 22.3. The summed E-state index contributed by atoms with van der Waals surface area (Å²) in [6.07, 6.45) is -0.227. The van der Waals surface area contributed by atoms with Gasteiger partial charge in [-0.1, -0.05) is 29.4 Å². The summed E-state index contributed by atoms with van der Waals surface area (Å²) in [5.74, 6) is -0.579. The van der Waals surface area contributed by atoms with Gasteiger partial charge in [-0.15, -0.1) is 0 Å². The Balaban J connectivity index is 1.61. The molecule has 1 aliphatic heterocycles. The minimum Gasteiger partial charge on any atom is -0.390 e. The fraction of sp³-hybridized carbons (Fsp3) is 0.435. The topological polar surface area (TPSA) is 54.3 Å². The second-order valence-electron chi connectivity index (χ2n) is 7.83. The van der Waals surface area contributed by atoms with Crippen molar-refractivity contribution in [3.05, 3.63) is 71.3 Å². The molecule has 0 bridgehead atoms. The Morgan fingerprint density at radius 1 is 1.10 bits per heavy atom. The maximum Gasteiger partial charge on any atom is 0.145 e. The molecule has 162 valence electrons. The smallest absolute Gasteiger partial charge is 0.145 e. The van der Waals surface area contributed by atoms with Crippen molar-refractivity contribution in [1.82, 2.24) is 4.90 Å². The molecule has 2 atom stereocenters. The van der Waals surface area contributed by atoms with Crippen molar-refractivity contribution in [2.45, 2.75) is 45.1 Å². The molecule has 30 heavy (non-hydrogen) atoms. The highest BCUT2D eigenvalue weighted by molar-refractivity contribution is 6.01. The van der Waals surface area contributed by atoms with Crippen molar-refractivity contribution >= 4 is 5.71 Å². The monoisotopic (exact) mass is 418 g/mol. The number of ether oxygens (including phenoxy) is 1. The molecule has 1 N–H and O–H groups in total. The summed E-state index contributed by atoms with van der Waals surface area (Å²) in [4.78, 5) is 7.65. The van der Waals surface area contributed by atoms with E-state index in [0.717, 1.165) is 16.8 Å². The maximum atomic E-state index is 13.2. The van der Waals surface area contributed by atoms with Crippen LogP contribution in [0.4, 0.5) is 8.78 Å². The number of aliphatic hydroxyl groups excluding tert-OH is 1. The van der Waals surface area contributed by atoms with E-state index >= 15 is 0 Å². The van der Waals surface area contributed by atoms with E-state index < -0.39 is 6.10 Å². The lowest BCUT2D eigenvalue weighted by Crippen LogP contribution is -2.39. The van der Waals surface area contributed by atoms with Gasteiger partial charge in [0.25, 0.3) is 0 Å². The molecule has 0 saturated heterocycles. The highest BCUT2D eigenvalue weighted by atomic mass is 19.1. The zero-order valence-corrected chi connectivity index (χ0v) is 17.3. The summed E-state index contributed by atoms with van der Waals surface area (Å²) in [7, 11) is 0. The van der Waals surface area contributed by atoms with Crippen LogP contribution in [0.3, 0.4) is 0 Å². The maximum absolute atomic E-state index is 13.2. The quantitative estimate of drug-likeness (QED) is 0.639. The molecular weight excluding hydrogens is 390 g/mol. The van der Waals surface area contributed by atoms with Gasteiger partial charge in [0.05, 0.1) is 24.5 Å². The summed E-state index contributed by atoms with van der Waals surface area (Å²) in [6.45, 7) is 5.53. The molecule has 0 amide bonds. The average Bonchev–Trinajstić information content (AvgIpc) is 3.17. The summed E-state index contributed by atoms with van der Waals surface area (Å²) < 4.78 is 31.9. The molecule has 0 radical (unpaired) electrons. The highest BCUT2D eigenvalue weighted by Crippen LogP contribution is 2.19. The number of halogens is 2. The summed E-state index contributed by atoms with van der Waals surface area (Å²) in [5, 5.41) is 14.5. The van der Waals surface area contributed by atoms with Crippen LogP contribution in [-0.4, -0.2) is 53.7 Å². The Bertz CT molecular complexity index is 825. The zero-order valence-electron chi connectivity index (χ0n) is 17.3. The van der Waals surface area contributed by atoms with Gasteiger partial charge in [-0.05, 0) is 49.2 Å². The van der Waals surface area contributed by atoms with E-state index in [1.54, 1.807) is 24.3 Å². The second-order valence-corrected chi connectivity index (χ2v) is 7.83. The number of hydrogen-bond acceptors (Lipinski definition) is 5. The van der Waals surface area contributed by atoms with Gasteiger partial charge < -0.3 is 14.7 Å². The average molecular weight is 418 g/mol. The standard InChI is InChI=1S/C23H28F2N2O3/c1-16(2)29-15-21(28)13-27(12-17-3-7-19(24)8-4-17)14-22-11-23(26-30-22)18-5-9-20(25)10-6-18/h3-10,16,21-22,28H,11-15H2,1-2H3/t21-,22+/m1/s1. The Morgan fingerprint density at radius 3 is 2.37 bits per heavy atom. The number of benzene rings is 2. The minimum absolute atomic E-state index is 0.0371. The molecule has 2 aromatic rings. The molecular formula is C23H28F2N2O3. The predicted molar refractivity (Wildman–Crippen MR) is 111 cm³/mol. The van der Waals surface area contributed by atoms with Crippen LogP contribution in [0, 0.1) is 11.6 Å². The van der Waals surface area contributed by atoms with Gasteiger partial charge in [0.2, 0.25) is 0 Å². The third-order valence-corrected chi connectivity index (χ3v) is 4.78. The molecule has 2 aromatic carbocycles. The Labute approximate surface area is 175 Å². The highest BCUT2D eigenvalue weighted by Gasteiger charge is 2.26. The SMILES string of the molecule is CC(C)OC[C@H](O)CN(Cc1ccc(F)cc1)C[C@@H]1CC(c2ccc(F)cc2)=NO1.